The van der Waals surface area contributed by atoms with Crippen molar-refractivity contribution in [3.8, 4) is 5.75 Å². The molecule has 5 heteroatoms. The van der Waals surface area contributed by atoms with Crippen molar-refractivity contribution in [2.24, 2.45) is 0 Å². The monoisotopic (exact) mass is 275 g/mol. The average molecular weight is 275 g/mol. The van der Waals surface area contributed by atoms with Crippen molar-refractivity contribution >= 4 is 16.8 Å². The number of rotatable bonds is 5. The van der Waals surface area contributed by atoms with Crippen molar-refractivity contribution in [3.63, 3.8) is 0 Å². The van der Waals surface area contributed by atoms with Gasteiger partial charge in [-0.3, -0.25) is 4.79 Å². The van der Waals surface area contributed by atoms with E-state index in [2.05, 4.69) is 10.3 Å². The lowest BCUT2D eigenvalue weighted by Crippen LogP contribution is -2.22. The number of hydrogen-bond acceptors (Lipinski definition) is 3. The van der Waals surface area contributed by atoms with E-state index in [9.17, 15) is 9.90 Å². The van der Waals surface area contributed by atoms with Gasteiger partial charge in [-0.05, 0) is 38.2 Å². The van der Waals surface area contributed by atoms with Crippen LogP contribution in [0.5, 0.6) is 5.75 Å². The van der Waals surface area contributed by atoms with Crippen molar-refractivity contribution < 1.29 is 9.90 Å². The van der Waals surface area contributed by atoms with Crippen LogP contribution < -0.4 is 5.32 Å². The van der Waals surface area contributed by atoms with Crippen LogP contribution in [0, 0.1) is 0 Å². The van der Waals surface area contributed by atoms with Crippen molar-refractivity contribution in [1.82, 2.24) is 15.2 Å². The van der Waals surface area contributed by atoms with E-state index in [1.807, 2.05) is 31.3 Å². The molecule has 0 aliphatic rings. The molecule has 0 bridgehead atoms. The van der Waals surface area contributed by atoms with Crippen LogP contribution in [0.25, 0.3) is 10.9 Å². The first-order valence-corrected chi connectivity index (χ1v) is 6.69. The lowest BCUT2D eigenvalue weighted by molar-refractivity contribution is -0.118. The van der Waals surface area contributed by atoms with E-state index in [0.29, 0.717) is 18.8 Å². The predicted octanol–water partition coefficient (Wildman–Crippen LogP) is 1.61. The summed E-state index contributed by atoms with van der Waals surface area (Å²) in [4.78, 5) is 16.2. The van der Waals surface area contributed by atoms with E-state index in [1.54, 1.807) is 6.07 Å². The van der Waals surface area contributed by atoms with Crippen LogP contribution in [0.1, 0.15) is 18.1 Å². The molecule has 1 amide bonds. The van der Waals surface area contributed by atoms with Crippen molar-refractivity contribution in [1.29, 1.82) is 0 Å². The fraction of sp³-hybridized carbons (Fsp3) is 0.400. The van der Waals surface area contributed by atoms with Gasteiger partial charge in [-0.25, -0.2) is 0 Å². The molecule has 0 radical (unpaired) electrons. The fourth-order valence-electron chi connectivity index (χ4n) is 2.41. The molecule has 0 spiro atoms. The van der Waals surface area contributed by atoms with E-state index < -0.39 is 0 Å². The molecule has 108 valence electrons. The van der Waals surface area contributed by atoms with Gasteiger partial charge in [-0.15, -0.1) is 0 Å². The fourth-order valence-corrected chi connectivity index (χ4v) is 2.41. The number of aromatic nitrogens is 1. The summed E-state index contributed by atoms with van der Waals surface area (Å²) >= 11 is 0. The third-order valence-electron chi connectivity index (χ3n) is 3.25. The Bertz CT molecular complexity index is 617. The van der Waals surface area contributed by atoms with Crippen molar-refractivity contribution in [2.75, 3.05) is 20.6 Å². The molecule has 0 fully saturated rings. The number of nitrogens with zero attached hydrogens (tertiary/aromatic N) is 1. The highest BCUT2D eigenvalue weighted by Crippen LogP contribution is 2.30. The number of benzene rings is 1. The Morgan fingerprint density at radius 2 is 2.15 bits per heavy atom. The maximum Gasteiger partial charge on any atom is 0.216 e. The number of carbonyl (C=O) groups excluding carboxylic acids is 1. The van der Waals surface area contributed by atoms with E-state index in [0.717, 1.165) is 28.5 Å². The van der Waals surface area contributed by atoms with E-state index in [1.165, 1.54) is 6.92 Å². The highest BCUT2D eigenvalue weighted by Gasteiger charge is 2.13. The number of phenolic OH excluding ortho intramolecular Hbond substituents is 1. The smallest absolute Gasteiger partial charge is 0.216 e. The van der Waals surface area contributed by atoms with Gasteiger partial charge < -0.3 is 20.3 Å². The minimum atomic E-state index is -0.0267. The summed E-state index contributed by atoms with van der Waals surface area (Å²) in [5, 5.41) is 14.0. The van der Waals surface area contributed by atoms with Gasteiger partial charge in [0.1, 0.15) is 5.75 Å². The van der Waals surface area contributed by atoms with Crippen LogP contribution >= 0.6 is 0 Å². The number of hydrogen-bond donors (Lipinski definition) is 3. The second-order valence-electron chi connectivity index (χ2n) is 5.27. The predicted molar refractivity (Wildman–Crippen MR) is 79.7 cm³/mol. The maximum atomic E-state index is 10.9. The normalized spacial score (nSPS) is 11.2. The zero-order valence-corrected chi connectivity index (χ0v) is 12.2. The number of carbonyl (C=O) groups is 1. The second kappa shape index (κ2) is 5.96. The summed E-state index contributed by atoms with van der Waals surface area (Å²) in [6, 6.07) is 3.60. The quantitative estimate of drug-likeness (QED) is 0.776. The Kier molecular flexibility index (Phi) is 4.29. The van der Waals surface area contributed by atoms with Crippen LogP contribution in [0.2, 0.25) is 0 Å². The van der Waals surface area contributed by atoms with Crippen LogP contribution in [0.4, 0.5) is 0 Å². The Morgan fingerprint density at radius 3 is 2.80 bits per heavy atom. The Labute approximate surface area is 118 Å². The second-order valence-corrected chi connectivity index (χ2v) is 5.27. The molecule has 0 aliphatic heterocycles. The number of nitrogens with one attached hydrogen (secondary N) is 2. The van der Waals surface area contributed by atoms with E-state index in [-0.39, 0.29) is 5.91 Å². The van der Waals surface area contributed by atoms with Crippen LogP contribution in [-0.4, -0.2) is 41.5 Å². The zero-order chi connectivity index (χ0) is 14.7. The topological polar surface area (TPSA) is 68.4 Å². The molecule has 2 aromatic rings. The van der Waals surface area contributed by atoms with Crippen molar-refractivity contribution in [3.05, 3.63) is 29.5 Å². The lowest BCUT2D eigenvalue weighted by Gasteiger charge is -2.13. The molecule has 0 unspecified atom stereocenters. The average Bonchev–Trinajstić information content (AvgIpc) is 2.76. The summed E-state index contributed by atoms with van der Waals surface area (Å²) < 4.78 is 0. The summed E-state index contributed by atoms with van der Waals surface area (Å²) in [7, 11) is 3.95. The molecule has 2 rings (SSSR count). The van der Waals surface area contributed by atoms with Gasteiger partial charge in [-0.2, -0.15) is 0 Å². The minimum absolute atomic E-state index is 0.0267. The summed E-state index contributed by atoms with van der Waals surface area (Å²) in [6.07, 6.45) is 2.69. The van der Waals surface area contributed by atoms with Crippen LogP contribution in [-0.2, 0) is 17.8 Å². The summed E-state index contributed by atoms with van der Waals surface area (Å²) in [5.41, 5.74) is 3.05. The Hall–Kier alpha value is -2.01. The van der Waals surface area contributed by atoms with Gasteiger partial charge in [-0.1, -0.05) is 0 Å². The molecule has 20 heavy (non-hydrogen) atoms. The van der Waals surface area contributed by atoms with Gasteiger partial charge >= 0.3 is 0 Å². The number of aromatic hydroxyl groups is 1. The van der Waals surface area contributed by atoms with Crippen LogP contribution in [0.15, 0.2) is 18.3 Å². The number of phenols is 1. The molecular weight excluding hydrogens is 254 g/mol. The van der Waals surface area contributed by atoms with Gasteiger partial charge in [0, 0.05) is 42.7 Å². The number of H-pyrrole nitrogens is 1. The molecule has 1 aromatic heterocycles. The van der Waals surface area contributed by atoms with Crippen LogP contribution in [0.3, 0.4) is 0 Å². The van der Waals surface area contributed by atoms with Gasteiger partial charge in [0.2, 0.25) is 5.91 Å². The number of aromatic amines is 1. The first-order valence-electron chi connectivity index (χ1n) is 6.69. The molecule has 5 nitrogen and oxygen atoms in total. The Balaban J connectivity index is 2.35. The molecule has 0 aliphatic carbocycles. The van der Waals surface area contributed by atoms with Gasteiger partial charge in [0.25, 0.3) is 0 Å². The summed E-state index contributed by atoms with van der Waals surface area (Å²) in [6.45, 7) is 2.78. The molecule has 1 aromatic carbocycles. The largest absolute Gasteiger partial charge is 0.508 e. The minimum Gasteiger partial charge on any atom is -0.508 e. The molecule has 1 heterocycles. The SMILES string of the molecule is CC(=O)NCCc1c[nH]c2ccc(O)c(CN(C)C)c12. The molecule has 0 saturated heterocycles. The van der Waals surface area contributed by atoms with Gasteiger partial charge in [0.05, 0.1) is 0 Å². The van der Waals surface area contributed by atoms with Crippen molar-refractivity contribution in [2.45, 2.75) is 19.9 Å². The highest BCUT2D eigenvalue weighted by molar-refractivity contribution is 5.88. The molecule has 0 saturated carbocycles. The number of fused-ring (bicyclic) bond motifs is 1. The third-order valence-corrected chi connectivity index (χ3v) is 3.25. The maximum absolute atomic E-state index is 10.9. The lowest BCUT2D eigenvalue weighted by atomic mass is 10.0. The Morgan fingerprint density at radius 1 is 1.40 bits per heavy atom. The van der Waals surface area contributed by atoms with E-state index >= 15 is 0 Å². The zero-order valence-electron chi connectivity index (χ0n) is 12.2. The molecule has 0 atom stereocenters. The molecular formula is C15H21N3O2. The van der Waals surface area contributed by atoms with E-state index in [4.69, 9.17) is 0 Å². The first kappa shape index (κ1) is 14.4. The summed E-state index contributed by atoms with van der Waals surface area (Å²) in [5.74, 6) is 0.285. The molecule has 3 N–H and O–H groups in total. The van der Waals surface area contributed by atoms with Gasteiger partial charge in [0.15, 0.2) is 0 Å². The third kappa shape index (κ3) is 3.11. The highest BCUT2D eigenvalue weighted by atomic mass is 16.3. The standard InChI is InChI=1S/C15H21N3O2/c1-10(19)16-7-6-11-8-17-13-4-5-14(20)12(15(11)13)9-18(2)3/h4-5,8,17,20H,6-7,9H2,1-3H3,(H,16,19). The number of amides is 1. The first-order chi connectivity index (χ1) is 9.49.